The number of hydrogen-bond donors (Lipinski definition) is 2. The highest BCUT2D eigenvalue weighted by molar-refractivity contribution is 6.30. The predicted octanol–water partition coefficient (Wildman–Crippen LogP) is 3.60. The Kier molecular flexibility index (Phi) is 7.27. The molecule has 0 saturated heterocycles. The van der Waals surface area contributed by atoms with E-state index >= 15 is 0 Å². The van der Waals surface area contributed by atoms with Crippen LogP contribution in [-0.4, -0.2) is 26.7 Å². The van der Waals surface area contributed by atoms with Gasteiger partial charge >= 0.3 is 0 Å². The minimum Gasteiger partial charge on any atom is -0.489 e. The zero-order valence-corrected chi connectivity index (χ0v) is 16.8. The fourth-order valence-electron chi connectivity index (χ4n) is 3.05. The van der Waals surface area contributed by atoms with Gasteiger partial charge in [-0.25, -0.2) is 4.98 Å². The average Bonchev–Trinajstić information content (AvgIpc) is 3.17. The first-order valence-electron chi connectivity index (χ1n) is 9.46. The minimum absolute atomic E-state index is 0.193. The summed E-state index contributed by atoms with van der Waals surface area (Å²) >= 11 is 6.14. The van der Waals surface area contributed by atoms with Gasteiger partial charge in [-0.15, -0.1) is 0 Å². The quantitative estimate of drug-likeness (QED) is 0.531. The molecular weight excluding hydrogens is 390 g/mol. The summed E-state index contributed by atoms with van der Waals surface area (Å²) in [5.74, 6) is 0.181. The molecule has 0 bridgehead atoms. The first-order chi connectivity index (χ1) is 14.0. The predicted molar refractivity (Wildman–Crippen MR) is 112 cm³/mol. The van der Waals surface area contributed by atoms with Gasteiger partial charge in [0.2, 0.25) is 0 Å². The Labute approximate surface area is 174 Å². The first-order valence-corrected chi connectivity index (χ1v) is 9.84. The van der Waals surface area contributed by atoms with Crippen molar-refractivity contribution in [3.63, 3.8) is 0 Å². The zero-order valence-electron chi connectivity index (χ0n) is 16.0. The summed E-state index contributed by atoms with van der Waals surface area (Å²) in [7, 11) is 0. The molecule has 29 heavy (non-hydrogen) atoms. The van der Waals surface area contributed by atoms with Crippen LogP contribution in [0.4, 0.5) is 0 Å². The number of rotatable bonds is 10. The fraction of sp³-hybridized carbons (Fsp3) is 0.273. The number of hydrogen-bond acceptors (Lipinski definition) is 4. The summed E-state index contributed by atoms with van der Waals surface area (Å²) in [5, 5.41) is 10.9. The van der Waals surface area contributed by atoms with Crippen LogP contribution in [0.15, 0.2) is 61.1 Å². The number of aromatic nitrogens is 2. The van der Waals surface area contributed by atoms with E-state index < -0.39 is 12.0 Å². The number of halogens is 1. The number of benzene rings is 2. The van der Waals surface area contributed by atoms with Crippen LogP contribution in [0.1, 0.15) is 34.5 Å². The summed E-state index contributed by atoms with van der Waals surface area (Å²) in [4.78, 5) is 15.0. The van der Waals surface area contributed by atoms with Crippen molar-refractivity contribution < 1.29 is 14.6 Å². The van der Waals surface area contributed by atoms with Crippen LogP contribution in [0.3, 0.4) is 0 Å². The molecule has 7 heteroatoms. The Balaban J connectivity index is 1.52. The number of primary amides is 1. The Morgan fingerprint density at radius 1 is 1.24 bits per heavy atom. The van der Waals surface area contributed by atoms with E-state index in [0.717, 1.165) is 29.7 Å². The Morgan fingerprint density at radius 3 is 2.76 bits per heavy atom. The van der Waals surface area contributed by atoms with Crippen LogP contribution in [0, 0.1) is 0 Å². The van der Waals surface area contributed by atoms with Gasteiger partial charge in [-0.1, -0.05) is 48.0 Å². The van der Waals surface area contributed by atoms with E-state index in [-0.39, 0.29) is 5.69 Å². The van der Waals surface area contributed by atoms with Gasteiger partial charge in [0.1, 0.15) is 18.1 Å². The molecule has 1 heterocycles. The van der Waals surface area contributed by atoms with Gasteiger partial charge in [-0.05, 0) is 42.5 Å². The lowest BCUT2D eigenvalue weighted by Crippen LogP contribution is -2.15. The van der Waals surface area contributed by atoms with E-state index in [1.165, 1.54) is 6.33 Å². The van der Waals surface area contributed by atoms with E-state index in [1.807, 2.05) is 48.5 Å². The number of aliphatic hydroxyl groups excluding tert-OH is 1. The molecule has 0 saturated carbocycles. The number of carbonyl (C=O) groups excluding carboxylic acids is 1. The average molecular weight is 414 g/mol. The van der Waals surface area contributed by atoms with E-state index in [9.17, 15) is 9.90 Å². The van der Waals surface area contributed by atoms with Crippen LogP contribution in [0.5, 0.6) is 5.75 Å². The molecule has 3 aromatic rings. The van der Waals surface area contributed by atoms with Crippen LogP contribution in [0.2, 0.25) is 5.02 Å². The zero-order chi connectivity index (χ0) is 20.6. The maximum atomic E-state index is 11.1. The summed E-state index contributed by atoms with van der Waals surface area (Å²) in [6.45, 7) is 0.831. The SMILES string of the molecule is NC(=O)c1cn(CC(O)CCCc2ccc(Cl)cc2OCc2ccccc2)cn1. The van der Waals surface area contributed by atoms with Gasteiger partial charge in [0.05, 0.1) is 12.4 Å². The van der Waals surface area contributed by atoms with Crippen molar-refractivity contribution in [2.24, 2.45) is 5.73 Å². The lowest BCUT2D eigenvalue weighted by Gasteiger charge is -2.14. The normalized spacial score (nSPS) is 11.9. The molecule has 3 N–H and O–H groups in total. The van der Waals surface area contributed by atoms with E-state index in [0.29, 0.717) is 24.6 Å². The van der Waals surface area contributed by atoms with Crippen molar-refractivity contribution in [2.75, 3.05) is 0 Å². The summed E-state index contributed by atoms with van der Waals surface area (Å²) in [6.07, 6.45) is 4.63. The molecule has 1 atom stereocenters. The summed E-state index contributed by atoms with van der Waals surface area (Å²) in [6, 6.07) is 15.6. The third kappa shape index (κ3) is 6.34. The molecular formula is C22H24ClN3O3. The second kappa shape index (κ2) is 10.1. The van der Waals surface area contributed by atoms with Crippen molar-refractivity contribution in [1.82, 2.24) is 9.55 Å². The van der Waals surface area contributed by atoms with Crippen molar-refractivity contribution in [1.29, 1.82) is 0 Å². The topological polar surface area (TPSA) is 90.4 Å². The van der Waals surface area contributed by atoms with E-state index in [4.69, 9.17) is 22.1 Å². The number of nitrogens with two attached hydrogens (primary N) is 1. The van der Waals surface area contributed by atoms with Crippen LogP contribution in [0.25, 0.3) is 0 Å². The highest BCUT2D eigenvalue weighted by Gasteiger charge is 2.11. The molecule has 152 valence electrons. The second-order valence-corrected chi connectivity index (χ2v) is 7.33. The summed E-state index contributed by atoms with van der Waals surface area (Å²) in [5.41, 5.74) is 7.52. The molecule has 0 spiro atoms. The number of aryl methyl sites for hydroxylation is 1. The van der Waals surface area contributed by atoms with Crippen molar-refractivity contribution >= 4 is 17.5 Å². The van der Waals surface area contributed by atoms with E-state index in [1.54, 1.807) is 10.8 Å². The third-order valence-corrected chi connectivity index (χ3v) is 4.79. The number of aliphatic hydroxyl groups is 1. The number of nitrogens with zero attached hydrogens (tertiary/aromatic N) is 2. The van der Waals surface area contributed by atoms with Gasteiger partial charge in [0.15, 0.2) is 0 Å². The molecule has 1 amide bonds. The molecule has 0 radical (unpaired) electrons. The van der Waals surface area contributed by atoms with E-state index in [2.05, 4.69) is 4.98 Å². The standard InChI is InChI=1S/C22H24ClN3O3/c23-18-10-9-17(21(11-18)29-14-16-5-2-1-3-6-16)7-4-8-19(27)12-26-13-20(22(24)28)25-15-26/h1-3,5-6,9-11,13,15,19,27H,4,7-8,12,14H2,(H2,24,28). The number of ether oxygens (including phenoxy) is 1. The Morgan fingerprint density at radius 2 is 2.03 bits per heavy atom. The van der Waals surface area contributed by atoms with Crippen molar-refractivity contribution in [3.8, 4) is 5.75 Å². The highest BCUT2D eigenvalue weighted by Crippen LogP contribution is 2.26. The minimum atomic E-state index is -0.580. The molecule has 1 unspecified atom stereocenters. The Hall–Kier alpha value is -2.83. The van der Waals surface area contributed by atoms with Crippen LogP contribution < -0.4 is 10.5 Å². The van der Waals surface area contributed by atoms with Gasteiger partial charge in [0.25, 0.3) is 5.91 Å². The smallest absolute Gasteiger partial charge is 0.268 e. The lowest BCUT2D eigenvalue weighted by atomic mass is 10.0. The van der Waals surface area contributed by atoms with Gasteiger partial charge < -0.3 is 20.1 Å². The third-order valence-electron chi connectivity index (χ3n) is 4.56. The maximum absolute atomic E-state index is 11.1. The molecule has 0 aliphatic carbocycles. The number of imidazole rings is 1. The second-order valence-electron chi connectivity index (χ2n) is 6.89. The lowest BCUT2D eigenvalue weighted by molar-refractivity contribution is 0.0995. The van der Waals surface area contributed by atoms with Crippen molar-refractivity contribution in [2.45, 2.75) is 38.5 Å². The molecule has 3 rings (SSSR count). The van der Waals surface area contributed by atoms with Gasteiger partial charge in [-0.3, -0.25) is 4.79 Å². The molecule has 0 aliphatic rings. The summed E-state index contributed by atoms with van der Waals surface area (Å²) < 4.78 is 7.65. The monoisotopic (exact) mass is 413 g/mol. The maximum Gasteiger partial charge on any atom is 0.268 e. The largest absolute Gasteiger partial charge is 0.489 e. The van der Waals surface area contributed by atoms with Crippen LogP contribution >= 0.6 is 11.6 Å². The highest BCUT2D eigenvalue weighted by atomic mass is 35.5. The van der Waals surface area contributed by atoms with Gasteiger partial charge in [0, 0.05) is 17.8 Å². The number of carbonyl (C=O) groups is 1. The first kappa shape index (κ1) is 20.9. The molecule has 1 aromatic heterocycles. The van der Waals surface area contributed by atoms with Crippen LogP contribution in [-0.2, 0) is 19.6 Å². The van der Waals surface area contributed by atoms with Gasteiger partial charge in [-0.2, -0.15) is 0 Å². The number of amides is 1. The molecule has 2 aromatic carbocycles. The molecule has 0 aliphatic heterocycles. The fourth-order valence-corrected chi connectivity index (χ4v) is 3.22. The Bertz CT molecular complexity index is 943. The molecule has 6 nitrogen and oxygen atoms in total. The molecule has 0 fully saturated rings. The van der Waals surface area contributed by atoms with Crippen molar-refractivity contribution in [3.05, 3.63) is 82.9 Å².